The standard InChI is InChI=1S/C21H17FN4O5/c1-11-20(30)26(21(31)25(11)10-18(27)28)17-9-12(6-7-15(17)22)8-16-13-4-2-3-5-14(13)19(29)24-23-16/h2-7,9,11H,8,10H2,1H3,(H,24,29)(H,27,28). The average Bonchev–Trinajstić information content (AvgIpc) is 2.94. The van der Waals surface area contributed by atoms with Gasteiger partial charge in [-0.05, 0) is 30.7 Å². The molecule has 1 saturated heterocycles. The van der Waals surface area contributed by atoms with E-state index in [1.54, 1.807) is 24.3 Å². The van der Waals surface area contributed by atoms with Crippen LogP contribution in [0.15, 0.2) is 47.3 Å². The van der Waals surface area contributed by atoms with Gasteiger partial charge < -0.3 is 10.0 Å². The highest BCUT2D eigenvalue weighted by atomic mass is 19.1. The van der Waals surface area contributed by atoms with Gasteiger partial charge in [0, 0.05) is 11.8 Å². The molecule has 2 aromatic carbocycles. The SMILES string of the molecule is CC1C(=O)N(c2cc(Cc3n[nH]c(=O)c4ccccc34)ccc2F)C(=O)N1CC(=O)O. The molecule has 2 N–H and O–H groups in total. The summed E-state index contributed by atoms with van der Waals surface area (Å²) in [5.74, 6) is -2.79. The van der Waals surface area contributed by atoms with E-state index in [9.17, 15) is 23.6 Å². The zero-order valence-electron chi connectivity index (χ0n) is 16.3. The Bertz CT molecular complexity index is 1290. The van der Waals surface area contributed by atoms with E-state index in [4.69, 9.17) is 5.11 Å². The van der Waals surface area contributed by atoms with Crippen LogP contribution >= 0.6 is 0 Å². The number of carbonyl (C=O) groups excluding carboxylic acids is 2. The van der Waals surface area contributed by atoms with Gasteiger partial charge in [-0.3, -0.25) is 14.4 Å². The Labute approximate surface area is 174 Å². The number of aromatic nitrogens is 2. The first kappa shape index (κ1) is 20.2. The van der Waals surface area contributed by atoms with Gasteiger partial charge in [0.1, 0.15) is 18.4 Å². The van der Waals surface area contributed by atoms with Gasteiger partial charge in [-0.1, -0.05) is 24.3 Å². The summed E-state index contributed by atoms with van der Waals surface area (Å²) >= 11 is 0. The minimum Gasteiger partial charge on any atom is -0.480 e. The molecule has 2 heterocycles. The highest BCUT2D eigenvalue weighted by molar-refractivity contribution is 6.21. The van der Waals surface area contributed by atoms with E-state index < -0.39 is 36.3 Å². The van der Waals surface area contributed by atoms with Gasteiger partial charge in [-0.2, -0.15) is 5.10 Å². The molecule has 1 unspecified atom stereocenters. The topological polar surface area (TPSA) is 124 Å². The molecule has 0 saturated carbocycles. The molecule has 0 radical (unpaired) electrons. The van der Waals surface area contributed by atoms with E-state index in [0.717, 1.165) is 11.0 Å². The average molecular weight is 424 g/mol. The summed E-state index contributed by atoms with van der Waals surface area (Å²) < 4.78 is 14.6. The zero-order valence-corrected chi connectivity index (χ0v) is 16.3. The van der Waals surface area contributed by atoms with E-state index in [1.807, 2.05) is 0 Å². The van der Waals surface area contributed by atoms with Crippen LogP contribution in [-0.2, 0) is 16.0 Å². The quantitative estimate of drug-likeness (QED) is 0.603. The van der Waals surface area contributed by atoms with E-state index in [2.05, 4.69) is 10.2 Å². The number of H-pyrrole nitrogens is 1. The minimum atomic E-state index is -1.28. The smallest absolute Gasteiger partial charge is 0.332 e. The number of benzene rings is 2. The number of halogens is 1. The summed E-state index contributed by atoms with van der Waals surface area (Å²) in [6, 6.07) is 8.94. The van der Waals surface area contributed by atoms with Gasteiger partial charge in [0.15, 0.2) is 0 Å². The van der Waals surface area contributed by atoms with E-state index >= 15 is 0 Å². The Morgan fingerprint density at radius 3 is 2.58 bits per heavy atom. The molecular formula is C21H17FN4O5. The second-order valence-corrected chi connectivity index (χ2v) is 7.16. The first-order valence-electron chi connectivity index (χ1n) is 9.39. The van der Waals surface area contributed by atoms with Crippen LogP contribution in [0.4, 0.5) is 14.9 Å². The zero-order chi connectivity index (χ0) is 22.3. The molecular weight excluding hydrogens is 407 g/mol. The van der Waals surface area contributed by atoms with Gasteiger partial charge in [-0.15, -0.1) is 0 Å². The first-order chi connectivity index (χ1) is 14.8. The molecule has 1 aromatic heterocycles. The third-order valence-corrected chi connectivity index (χ3v) is 5.19. The monoisotopic (exact) mass is 424 g/mol. The maximum atomic E-state index is 14.6. The molecule has 0 spiro atoms. The number of imide groups is 1. The summed E-state index contributed by atoms with van der Waals surface area (Å²) in [7, 11) is 0. The third-order valence-electron chi connectivity index (χ3n) is 5.19. The number of hydrogen-bond donors (Lipinski definition) is 2. The van der Waals surface area contributed by atoms with Crippen LogP contribution < -0.4 is 10.5 Å². The Kier molecular flexibility index (Phi) is 4.97. The molecule has 1 aliphatic rings. The van der Waals surface area contributed by atoms with E-state index in [1.165, 1.54) is 19.1 Å². The molecule has 1 fully saturated rings. The van der Waals surface area contributed by atoms with Crippen molar-refractivity contribution in [1.29, 1.82) is 0 Å². The number of carbonyl (C=O) groups is 3. The Balaban J connectivity index is 1.71. The molecule has 1 aliphatic heterocycles. The number of fused-ring (bicyclic) bond motifs is 1. The normalized spacial score (nSPS) is 16.4. The van der Waals surface area contributed by atoms with Crippen molar-refractivity contribution < 1.29 is 23.9 Å². The largest absolute Gasteiger partial charge is 0.480 e. The highest BCUT2D eigenvalue weighted by Crippen LogP contribution is 2.29. The van der Waals surface area contributed by atoms with Crippen LogP contribution in [0.2, 0.25) is 0 Å². The summed E-state index contributed by atoms with van der Waals surface area (Å²) in [5.41, 5.74) is 0.486. The lowest BCUT2D eigenvalue weighted by Crippen LogP contribution is -2.38. The second-order valence-electron chi connectivity index (χ2n) is 7.16. The van der Waals surface area contributed by atoms with Gasteiger partial charge >= 0.3 is 12.0 Å². The molecule has 0 aliphatic carbocycles. The van der Waals surface area contributed by atoms with Crippen LogP contribution in [0, 0.1) is 5.82 Å². The van der Waals surface area contributed by atoms with Crippen LogP contribution in [-0.4, -0.2) is 50.7 Å². The maximum absolute atomic E-state index is 14.6. The van der Waals surface area contributed by atoms with Gasteiger partial charge in [0.2, 0.25) is 0 Å². The van der Waals surface area contributed by atoms with Crippen LogP contribution in [0.1, 0.15) is 18.2 Å². The number of nitrogens with zero attached hydrogens (tertiary/aromatic N) is 3. The first-order valence-corrected chi connectivity index (χ1v) is 9.39. The van der Waals surface area contributed by atoms with E-state index in [0.29, 0.717) is 26.9 Å². The lowest BCUT2D eigenvalue weighted by atomic mass is 10.0. The number of rotatable bonds is 5. The lowest BCUT2D eigenvalue weighted by Gasteiger charge is -2.17. The summed E-state index contributed by atoms with van der Waals surface area (Å²) in [5, 5.41) is 16.6. The number of carboxylic acid groups (broad SMARTS) is 1. The number of aromatic amines is 1. The fraction of sp³-hybridized carbons (Fsp3) is 0.190. The molecule has 31 heavy (non-hydrogen) atoms. The molecule has 1 atom stereocenters. The lowest BCUT2D eigenvalue weighted by molar-refractivity contribution is -0.138. The molecule has 10 heteroatoms. The molecule has 4 rings (SSSR count). The second kappa shape index (κ2) is 7.63. The predicted octanol–water partition coefficient (Wildman–Crippen LogP) is 1.89. The number of hydrogen-bond acceptors (Lipinski definition) is 5. The molecule has 9 nitrogen and oxygen atoms in total. The van der Waals surface area contributed by atoms with Crippen LogP contribution in [0.5, 0.6) is 0 Å². The van der Waals surface area contributed by atoms with Crippen molar-refractivity contribution in [2.45, 2.75) is 19.4 Å². The van der Waals surface area contributed by atoms with Crippen molar-refractivity contribution in [3.05, 3.63) is 69.9 Å². The van der Waals surface area contributed by atoms with Crippen molar-refractivity contribution in [3.63, 3.8) is 0 Å². The number of carboxylic acids is 1. The molecule has 3 amide bonds. The number of amides is 3. The summed E-state index contributed by atoms with van der Waals surface area (Å²) in [6.07, 6.45) is 0.204. The fourth-order valence-corrected chi connectivity index (χ4v) is 3.62. The molecule has 158 valence electrons. The Morgan fingerprint density at radius 1 is 1.16 bits per heavy atom. The van der Waals surface area contributed by atoms with Gasteiger partial charge in [-0.25, -0.2) is 19.2 Å². The minimum absolute atomic E-state index is 0.204. The predicted molar refractivity (Wildman–Crippen MR) is 108 cm³/mol. The summed E-state index contributed by atoms with van der Waals surface area (Å²) in [6.45, 7) is 0.720. The van der Waals surface area contributed by atoms with Gasteiger partial charge in [0.25, 0.3) is 11.5 Å². The van der Waals surface area contributed by atoms with Crippen molar-refractivity contribution in [2.24, 2.45) is 0 Å². The number of urea groups is 1. The van der Waals surface area contributed by atoms with Crippen molar-refractivity contribution in [3.8, 4) is 0 Å². The summed E-state index contributed by atoms with van der Waals surface area (Å²) in [4.78, 5) is 49.8. The Morgan fingerprint density at radius 2 is 1.87 bits per heavy atom. The van der Waals surface area contributed by atoms with Crippen molar-refractivity contribution in [2.75, 3.05) is 11.4 Å². The maximum Gasteiger partial charge on any atom is 0.332 e. The molecule has 0 bridgehead atoms. The number of anilines is 1. The van der Waals surface area contributed by atoms with E-state index in [-0.39, 0.29) is 17.7 Å². The number of aliphatic carboxylic acids is 1. The highest BCUT2D eigenvalue weighted by Gasteiger charge is 2.45. The number of nitrogens with one attached hydrogen (secondary N) is 1. The van der Waals surface area contributed by atoms with Gasteiger partial charge in [0.05, 0.1) is 16.8 Å². The fourth-order valence-electron chi connectivity index (χ4n) is 3.62. The van der Waals surface area contributed by atoms with Crippen LogP contribution in [0.3, 0.4) is 0 Å². The Hall–Kier alpha value is -4.08. The van der Waals surface area contributed by atoms with Crippen molar-refractivity contribution in [1.82, 2.24) is 15.1 Å². The molecule has 3 aromatic rings. The third kappa shape index (κ3) is 3.52. The van der Waals surface area contributed by atoms with Crippen LogP contribution in [0.25, 0.3) is 10.8 Å². The van der Waals surface area contributed by atoms with Crippen molar-refractivity contribution >= 4 is 34.4 Å².